The summed E-state index contributed by atoms with van der Waals surface area (Å²) in [4.78, 5) is 12.0. The van der Waals surface area contributed by atoms with E-state index >= 15 is 0 Å². The number of aromatic nitrogens is 3. The summed E-state index contributed by atoms with van der Waals surface area (Å²) in [6, 6.07) is 0. The van der Waals surface area contributed by atoms with E-state index in [1.165, 1.54) is 0 Å². The van der Waals surface area contributed by atoms with Crippen LogP contribution in [0.15, 0.2) is 10.7 Å². The van der Waals surface area contributed by atoms with E-state index in [0.29, 0.717) is 24.5 Å². The Morgan fingerprint density at radius 2 is 2.26 bits per heavy atom. The summed E-state index contributed by atoms with van der Waals surface area (Å²) in [5.74, 6) is 0.398. The number of aryl methyl sites for hydroxylation is 3. The average molecular weight is 263 g/mol. The first kappa shape index (κ1) is 13.1. The molecule has 0 atom stereocenters. The molecule has 0 saturated carbocycles. The molecule has 2 heterocycles. The molecular formula is C12H17N5O2. The van der Waals surface area contributed by atoms with Gasteiger partial charge in [0.25, 0.3) is 5.91 Å². The molecule has 2 aromatic rings. The zero-order chi connectivity index (χ0) is 14.0. The second kappa shape index (κ2) is 5.13. The molecule has 19 heavy (non-hydrogen) atoms. The van der Waals surface area contributed by atoms with Crippen LogP contribution < -0.4 is 11.1 Å². The normalized spacial score (nSPS) is 10.7. The average Bonchev–Trinajstić information content (AvgIpc) is 2.91. The van der Waals surface area contributed by atoms with Crippen molar-refractivity contribution in [3.8, 4) is 0 Å². The summed E-state index contributed by atoms with van der Waals surface area (Å²) in [6.07, 6.45) is 1.64. The molecule has 0 saturated heterocycles. The number of hydrogen-bond acceptors (Lipinski definition) is 5. The first-order valence-corrected chi connectivity index (χ1v) is 6.05. The lowest BCUT2D eigenvalue weighted by Crippen LogP contribution is -2.24. The van der Waals surface area contributed by atoms with Crippen LogP contribution in [-0.2, 0) is 13.1 Å². The molecule has 0 aromatic carbocycles. The van der Waals surface area contributed by atoms with Gasteiger partial charge in [-0.3, -0.25) is 9.48 Å². The van der Waals surface area contributed by atoms with Crippen LogP contribution in [-0.4, -0.2) is 20.8 Å². The fraction of sp³-hybridized carbons (Fsp3) is 0.417. The minimum Gasteiger partial charge on any atom is -0.396 e. The second-order valence-corrected chi connectivity index (χ2v) is 4.27. The topological polar surface area (TPSA) is 99.0 Å². The quantitative estimate of drug-likeness (QED) is 0.858. The third-order valence-corrected chi connectivity index (χ3v) is 2.94. The van der Waals surface area contributed by atoms with E-state index in [0.717, 1.165) is 11.3 Å². The molecule has 1 amide bonds. The zero-order valence-electron chi connectivity index (χ0n) is 11.2. The molecule has 2 aromatic heterocycles. The van der Waals surface area contributed by atoms with Gasteiger partial charge in [0.1, 0.15) is 5.76 Å². The summed E-state index contributed by atoms with van der Waals surface area (Å²) >= 11 is 0. The highest BCUT2D eigenvalue weighted by molar-refractivity contribution is 5.96. The fourth-order valence-corrected chi connectivity index (χ4v) is 1.78. The monoisotopic (exact) mass is 263 g/mol. The lowest BCUT2D eigenvalue weighted by atomic mass is 10.2. The van der Waals surface area contributed by atoms with Gasteiger partial charge >= 0.3 is 0 Å². The Hall–Kier alpha value is -2.31. The highest BCUT2D eigenvalue weighted by atomic mass is 16.5. The lowest BCUT2D eigenvalue weighted by molar-refractivity contribution is 0.0946. The molecule has 0 spiro atoms. The van der Waals surface area contributed by atoms with Gasteiger partial charge in [0.15, 0.2) is 5.69 Å². The van der Waals surface area contributed by atoms with E-state index in [4.69, 9.17) is 10.3 Å². The molecule has 7 heteroatoms. The number of nitrogen functional groups attached to an aromatic ring is 1. The van der Waals surface area contributed by atoms with E-state index in [1.807, 2.05) is 20.8 Å². The largest absolute Gasteiger partial charge is 0.396 e. The summed E-state index contributed by atoms with van der Waals surface area (Å²) in [5.41, 5.74) is 8.01. The minimum atomic E-state index is -0.301. The Morgan fingerprint density at radius 3 is 2.79 bits per heavy atom. The number of amides is 1. The van der Waals surface area contributed by atoms with Gasteiger partial charge in [-0.2, -0.15) is 5.10 Å². The summed E-state index contributed by atoms with van der Waals surface area (Å²) in [7, 11) is 0. The van der Waals surface area contributed by atoms with Crippen molar-refractivity contribution in [1.82, 2.24) is 20.3 Å². The number of anilines is 1. The molecule has 0 bridgehead atoms. The predicted octanol–water partition coefficient (Wildman–Crippen LogP) is 1.02. The van der Waals surface area contributed by atoms with E-state index < -0.39 is 0 Å². The van der Waals surface area contributed by atoms with Crippen LogP contribution in [0.2, 0.25) is 0 Å². The highest BCUT2D eigenvalue weighted by Gasteiger charge is 2.16. The Bertz CT molecular complexity index is 580. The summed E-state index contributed by atoms with van der Waals surface area (Å²) in [5, 5.41) is 10.7. The van der Waals surface area contributed by atoms with E-state index in [-0.39, 0.29) is 11.6 Å². The SMILES string of the molecule is CCn1cc(N)c(C(=O)NCc2c(C)noc2C)n1. The van der Waals surface area contributed by atoms with Crippen molar-refractivity contribution < 1.29 is 9.32 Å². The third-order valence-electron chi connectivity index (χ3n) is 2.94. The number of carbonyl (C=O) groups is 1. The summed E-state index contributed by atoms with van der Waals surface area (Å²) < 4.78 is 6.66. The van der Waals surface area contributed by atoms with Crippen molar-refractivity contribution in [2.45, 2.75) is 33.9 Å². The number of hydrogen-bond donors (Lipinski definition) is 2. The van der Waals surface area contributed by atoms with Crippen LogP contribution in [0.25, 0.3) is 0 Å². The zero-order valence-corrected chi connectivity index (χ0v) is 11.2. The van der Waals surface area contributed by atoms with Gasteiger partial charge in [-0.25, -0.2) is 0 Å². The minimum absolute atomic E-state index is 0.244. The summed E-state index contributed by atoms with van der Waals surface area (Å²) in [6.45, 7) is 6.58. The molecule has 7 nitrogen and oxygen atoms in total. The van der Waals surface area contributed by atoms with Crippen molar-refractivity contribution in [3.63, 3.8) is 0 Å². The number of carbonyl (C=O) groups excluding carboxylic acids is 1. The Labute approximate surface area is 110 Å². The molecule has 0 fully saturated rings. The van der Waals surface area contributed by atoms with Gasteiger partial charge < -0.3 is 15.6 Å². The van der Waals surface area contributed by atoms with Crippen molar-refractivity contribution in [1.29, 1.82) is 0 Å². The molecule has 0 aliphatic heterocycles. The molecule has 3 N–H and O–H groups in total. The first-order valence-electron chi connectivity index (χ1n) is 6.05. The smallest absolute Gasteiger partial charge is 0.274 e. The number of nitrogens with two attached hydrogens (primary N) is 1. The standard InChI is InChI=1S/C12H17N5O2/c1-4-17-6-10(13)11(15-17)12(18)14-5-9-7(2)16-19-8(9)3/h6H,4-5,13H2,1-3H3,(H,14,18). The Morgan fingerprint density at radius 1 is 1.53 bits per heavy atom. The third kappa shape index (κ3) is 2.59. The van der Waals surface area contributed by atoms with Crippen LogP contribution in [0.1, 0.15) is 34.4 Å². The van der Waals surface area contributed by atoms with Gasteiger partial charge in [-0.1, -0.05) is 5.16 Å². The van der Waals surface area contributed by atoms with Crippen LogP contribution in [0.4, 0.5) is 5.69 Å². The highest BCUT2D eigenvalue weighted by Crippen LogP contribution is 2.13. The van der Waals surface area contributed by atoms with Crippen molar-refractivity contribution in [2.75, 3.05) is 5.73 Å². The van der Waals surface area contributed by atoms with Gasteiger partial charge in [0.05, 0.1) is 11.4 Å². The maximum Gasteiger partial charge on any atom is 0.274 e. The molecule has 0 unspecified atom stereocenters. The molecule has 2 rings (SSSR count). The van der Waals surface area contributed by atoms with E-state index in [2.05, 4.69) is 15.6 Å². The molecule has 0 aliphatic rings. The Balaban J connectivity index is 2.07. The lowest BCUT2D eigenvalue weighted by Gasteiger charge is -2.03. The maximum absolute atomic E-state index is 12.0. The predicted molar refractivity (Wildman–Crippen MR) is 69.5 cm³/mol. The van der Waals surface area contributed by atoms with Crippen molar-refractivity contribution in [2.24, 2.45) is 0 Å². The van der Waals surface area contributed by atoms with Crippen molar-refractivity contribution in [3.05, 3.63) is 28.9 Å². The van der Waals surface area contributed by atoms with E-state index in [9.17, 15) is 4.79 Å². The number of nitrogens with one attached hydrogen (secondary N) is 1. The molecule has 102 valence electrons. The van der Waals surface area contributed by atoms with E-state index in [1.54, 1.807) is 10.9 Å². The molecule has 0 aliphatic carbocycles. The van der Waals surface area contributed by atoms with Gasteiger partial charge in [0.2, 0.25) is 0 Å². The molecule has 0 radical (unpaired) electrons. The molecular weight excluding hydrogens is 246 g/mol. The van der Waals surface area contributed by atoms with Crippen LogP contribution in [0.3, 0.4) is 0 Å². The Kier molecular flexibility index (Phi) is 3.55. The van der Waals surface area contributed by atoms with Gasteiger partial charge in [-0.15, -0.1) is 0 Å². The number of nitrogens with zero attached hydrogens (tertiary/aromatic N) is 3. The fourth-order valence-electron chi connectivity index (χ4n) is 1.78. The first-order chi connectivity index (χ1) is 9.02. The maximum atomic E-state index is 12.0. The van der Waals surface area contributed by atoms with Gasteiger partial charge in [0, 0.05) is 24.8 Å². The van der Waals surface area contributed by atoms with Crippen molar-refractivity contribution >= 4 is 11.6 Å². The van der Waals surface area contributed by atoms with Crippen LogP contribution in [0.5, 0.6) is 0 Å². The van der Waals surface area contributed by atoms with Crippen LogP contribution in [0, 0.1) is 13.8 Å². The second-order valence-electron chi connectivity index (χ2n) is 4.27. The van der Waals surface area contributed by atoms with Crippen LogP contribution >= 0.6 is 0 Å². The number of rotatable bonds is 4. The van der Waals surface area contributed by atoms with Gasteiger partial charge in [-0.05, 0) is 20.8 Å².